The zero-order valence-electron chi connectivity index (χ0n) is 20.3. The standard InChI is InChI=1S/C29H23FN4O2S/c1-32(2)29(36)34-16-24(22-10-7-19(14-25(22)34)18-5-8-21(30)9-6-18)27(35)23-11-13-33-26(23)17-37-28(33)20-4-3-12-31-15-20/h3-16,28H,17H2,1-2H3. The molecule has 0 radical (unpaired) electrons. The number of pyridine rings is 1. The first kappa shape index (κ1) is 23.2. The van der Waals surface area contributed by atoms with Crippen LogP contribution in [0.2, 0.25) is 0 Å². The van der Waals surface area contributed by atoms with Crippen LogP contribution in [0.5, 0.6) is 0 Å². The molecule has 6 rings (SSSR count). The number of carbonyl (C=O) groups is 2. The molecule has 1 aliphatic rings. The molecular formula is C29H23FN4O2S. The Labute approximate surface area is 217 Å². The van der Waals surface area contributed by atoms with E-state index in [0.717, 1.165) is 22.4 Å². The first-order valence-corrected chi connectivity index (χ1v) is 12.9. The van der Waals surface area contributed by atoms with Crippen molar-refractivity contribution in [2.45, 2.75) is 11.1 Å². The third-order valence-corrected chi connectivity index (χ3v) is 7.94. The molecule has 5 aromatic rings. The minimum absolute atomic E-state index is 0.0696. The summed E-state index contributed by atoms with van der Waals surface area (Å²) in [5, 5.41) is 0.764. The number of carbonyl (C=O) groups excluding carboxylic acids is 2. The van der Waals surface area contributed by atoms with E-state index >= 15 is 0 Å². The van der Waals surface area contributed by atoms with Crippen LogP contribution >= 0.6 is 11.8 Å². The minimum Gasteiger partial charge on any atom is -0.333 e. The van der Waals surface area contributed by atoms with E-state index in [2.05, 4.69) is 9.55 Å². The van der Waals surface area contributed by atoms with Crippen LogP contribution in [0, 0.1) is 5.82 Å². The molecule has 6 nitrogen and oxygen atoms in total. The second-order valence-corrected chi connectivity index (χ2v) is 10.3. The van der Waals surface area contributed by atoms with Gasteiger partial charge >= 0.3 is 6.03 Å². The van der Waals surface area contributed by atoms with Crippen LogP contribution in [0.25, 0.3) is 22.0 Å². The third kappa shape index (κ3) is 3.94. The first-order valence-electron chi connectivity index (χ1n) is 11.8. The van der Waals surface area contributed by atoms with Gasteiger partial charge < -0.3 is 9.47 Å². The second-order valence-electron chi connectivity index (χ2n) is 9.19. The van der Waals surface area contributed by atoms with E-state index in [-0.39, 0.29) is 23.0 Å². The van der Waals surface area contributed by atoms with Gasteiger partial charge in [0, 0.05) is 72.4 Å². The van der Waals surface area contributed by atoms with Crippen molar-refractivity contribution in [2.24, 2.45) is 0 Å². The van der Waals surface area contributed by atoms with Crippen molar-refractivity contribution < 1.29 is 14.0 Å². The van der Waals surface area contributed by atoms with Gasteiger partial charge in [-0.15, -0.1) is 11.8 Å². The highest BCUT2D eigenvalue weighted by Crippen LogP contribution is 2.42. The number of hydrogen-bond acceptors (Lipinski definition) is 4. The molecule has 0 spiro atoms. The van der Waals surface area contributed by atoms with Crippen molar-refractivity contribution in [3.05, 3.63) is 114 Å². The Morgan fingerprint density at radius 1 is 1.03 bits per heavy atom. The summed E-state index contributed by atoms with van der Waals surface area (Å²) in [6.45, 7) is 0. The van der Waals surface area contributed by atoms with E-state index in [1.165, 1.54) is 21.6 Å². The van der Waals surface area contributed by atoms with Gasteiger partial charge in [-0.3, -0.25) is 14.3 Å². The van der Waals surface area contributed by atoms with Gasteiger partial charge in [-0.25, -0.2) is 9.18 Å². The number of hydrogen-bond donors (Lipinski definition) is 0. The summed E-state index contributed by atoms with van der Waals surface area (Å²) in [6, 6.07) is 17.4. The molecule has 0 saturated heterocycles. The number of amides is 1. The molecule has 0 N–H and O–H groups in total. The predicted octanol–water partition coefficient (Wildman–Crippen LogP) is 6.20. The number of thioether (sulfide) groups is 1. The zero-order valence-corrected chi connectivity index (χ0v) is 21.1. The number of fused-ring (bicyclic) bond motifs is 2. The molecule has 3 aromatic heterocycles. The highest BCUT2D eigenvalue weighted by Gasteiger charge is 2.30. The Kier molecular flexibility index (Phi) is 5.68. The van der Waals surface area contributed by atoms with Crippen molar-refractivity contribution >= 4 is 34.5 Å². The summed E-state index contributed by atoms with van der Waals surface area (Å²) in [7, 11) is 3.35. The Bertz CT molecular complexity index is 1660. The lowest BCUT2D eigenvalue weighted by molar-refractivity contribution is 0.103. The fraction of sp³-hybridized carbons (Fsp3) is 0.138. The molecule has 0 saturated carbocycles. The summed E-state index contributed by atoms with van der Waals surface area (Å²) in [6.07, 6.45) is 7.19. The molecule has 1 amide bonds. The lowest BCUT2D eigenvalue weighted by Gasteiger charge is -2.12. The van der Waals surface area contributed by atoms with Crippen LogP contribution in [0.1, 0.15) is 32.6 Å². The number of benzene rings is 2. The zero-order chi connectivity index (χ0) is 25.7. The fourth-order valence-corrected chi connectivity index (χ4v) is 6.13. The minimum atomic E-state index is -0.312. The van der Waals surface area contributed by atoms with Crippen LogP contribution in [0.4, 0.5) is 9.18 Å². The molecular weight excluding hydrogens is 487 g/mol. The lowest BCUT2D eigenvalue weighted by atomic mass is 10.00. The molecule has 37 heavy (non-hydrogen) atoms. The van der Waals surface area contributed by atoms with E-state index in [9.17, 15) is 14.0 Å². The van der Waals surface area contributed by atoms with Crippen molar-refractivity contribution in [3.8, 4) is 11.1 Å². The number of halogens is 1. The average Bonchev–Trinajstić information content (AvgIpc) is 3.62. The van der Waals surface area contributed by atoms with Gasteiger partial charge in [0.1, 0.15) is 11.2 Å². The van der Waals surface area contributed by atoms with E-state index < -0.39 is 0 Å². The molecule has 1 aliphatic heterocycles. The van der Waals surface area contributed by atoms with E-state index in [4.69, 9.17) is 0 Å². The number of nitrogens with zero attached hydrogens (tertiary/aromatic N) is 4. The number of aromatic nitrogens is 3. The molecule has 184 valence electrons. The maximum absolute atomic E-state index is 13.9. The maximum atomic E-state index is 13.9. The fourth-order valence-electron chi connectivity index (χ4n) is 4.82. The molecule has 0 aliphatic carbocycles. The molecule has 4 heterocycles. The quantitative estimate of drug-likeness (QED) is 0.270. The second kappa shape index (κ2) is 9.05. The van der Waals surface area contributed by atoms with Crippen molar-refractivity contribution in [1.82, 2.24) is 19.0 Å². The van der Waals surface area contributed by atoms with Crippen molar-refractivity contribution in [1.29, 1.82) is 0 Å². The Hall–Kier alpha value is -4.17. The van der Waals surface area contributed by atoms with Crippen LogP contribution in [0.15, 0.2) is 85.5 Å². The Balaban J connectivity index is 1.44. The highest BCUT2D eigenvalue weighted by atomic mass is 32.2. The normalized spacial score (nSPS) is 14.6. The van der Waals surface area contributed by atoms with Gasteiger partial charge in [-0.1, -0.05) is 30.3 Å². The summed E-state index contributed by atoms with van der Waals surface area (Å²) >= 11 is 1.75. The molecule has 1 atom stereocenters. The average molecular weight is 511 g/mol. The van der Waals surface area contributed by atoms with Gasteiger partial charge in [0.15, 0.2) is 5.78 Å². The molecule has 1 unspecified atom stereocenters. The summed E-state index contributed by atoms with van der Waals surface area (Å²) in [5.41, 5.74) is 5.44. The van der Waals surface area contributed by atoms with Crippen LogP contribution in [-0.2, 0) is 5.75 Å². The van der Waals surface area contributed by atoms with Crippen LogP contribution < -0.4 is 0 Å². The van der Waals surface area contributed by atoms with E-state index in [1.54, 1.807) is 50.4 Å². The molecule has 8 heteroatoms. The third-order valence-electron chi connectivity index (χ3n) is 6.69. The van der Waals surface area contributed by atoms with Gasteiger partial charge in [0.25, 0.3) is 0 Å². The number of ketones is 1. The van der Waals surface area contributed by atoms with E-state index in [1.807, 2.05) is 48.8 Å². The van der Waals surface area contributed by atoms with Crippen LogP contribution in [-0.4, -0.2) is 44.9 Å². The predicted molar refractivity (Wildman–Crippen MR) is 143 cm³/mol. The highest BCUT2D eigenvalue weighted by molar-refractivity contribution is 7.99. The van der Waals surface area contributed by atoms with Gasteiger partial charge in [-0.2, -0.15) is 0 Å². The van der Waals surface area contributed by atoms with E-state index in [0.29, 0.717) is 27.8 Å². The smallest absolute Gasteiger partial charge is 0.328 e. The molecule has 0 fully saturated rings. The van der Waals surface area contributed by atoms with Gasteiger partial charge in [0.05, 0.1) is 5.52 Å². The topological polar surface area (TPSA) is 60.1 Å². The monoisotopic (exact) mass is 510 g/mol. The van der Waals surface area contributed by atoms with Crippen LogP contribution in [0.3, 0.4) is 0 Å². The summed E-state index contributed by atoms with van der Waals surface area (Å²) in [4.78, 5) is 32.7. The Morgan fingerprint density at radius 2 is 1.81 bits per heavy atom. The van der Waals surface area contributed by atoms with Gasteiger partial charge in [0.2, 0.25) is 0 Å². The number of rotatable bonds is 4. The van der Waals surface area contributed by atoms with Crippen molar-refractivity contribution in [3.63, 3.8) is 0 Å². The first-order chi connectivity index (χ1) is 17.9. The Morgan fingerprint density at radius 3 is 2.54 bits per heavy atom. The molecule has 0 bridgehead atoms. The van der Waals surface area contributed by atoms with Crippen molar-refractivity contribution in [2.75, 3.05) is 14.1 Å². The molecule has 2 aromatic carbocycles. The largest absolute Gasteiger partial charge is 0.333 e. The summed E-state index contributed by atoms with van der Waals surface area (Å²) < 4.78 is 17.1. The summed E-state index contributed by atoms with van der Waals surface area (Å²) in [5.74, 6) is 0.274. The maximum Gasteiger partial charge on any atom is 0.328 e. The SMILES string of the molecule is CN(C)C(=O)n1cc(C(=O)c2ccn3c2CSC3c2cccnc2)c2ccc(-c3ccc(F)cc3)cc21. The lowest BCUT2D eigenvalue weighted by Crippen LogP contribution is -2.26. The van der Waals surface area contributed by atoms with Gasteiger partial charge in [-0.05, 0) is 41.5 Å².